The number of aliphatic hydroxyl groups excluding tert-OH is 1. The van der Waals surface area contributed by atoms with Gasteiger partial charge >= 0.3 is 5.97 Å². The molecule has 0 bridgehead atoms. The summed E-state index contributed by atoms with van der Waals surface area (Å²) in [6.45, 7) is -1.15. The van der Waals surface area contributed by atoms with E-state index in [0.29, 0.717) is 0 Å². The van der Waals surface area contributed by atoms with Crippen LogP contribution in [-0.2, 0) is 23.7 Å². The van der Waals surface area contributed by atoms with E-state index < -0.39 is 56.9 Å². The molecule has 20 heavy (non-hydrogen) atoms. The van der Waals surface area contributed by atoms with Crippen molar-refractivity contribution in [2.75, 3.05) is 27.4 Å². The lowest BCUT2D eigenvalue weighted by Gasteiger charge is -2.42. The summed E-state index contributed by atoms with van der Waals surface area (Å²) in [7, 11) is 0.881. The highest BCUT2D eigenvalue weighted by molar-refractivity contribution is 5.68. The second-order valence-corrected chi connectivity index (χ2v) is 3.96. The van der Waals surface area contributed by atoms with E-state index in [9.17, 15) is 9.90 Å². The zero-order valence-electron chi connectivity index (χ0n) is 11.8. The van der Waals surface area contributed by atoms with E-state index in [1.54, 1.807) is 0 Å². The molecule has 0 amide bonds. The average molecular weight is 292 g/mol. The molecule has 10 nitrogen and oxygen atoms in total. The Kier molecular flexibility index (Phi) is 5.99. The van der Waals surface area contributed by atoms with Crippen LogP contribution in [0.15, 0.2) is 5.11 Å². The van der Waals surface area contributed by atoms with Crippen LogP contribution in [0.25, 0.3) is 10.4 Å². The van der Waals surface area contributed by atoms with Crippen molar-refractivity contribution >= 4 is 5.97 Å². The second kappa shape index (κ2) is 8.00. The molecule has 1 heterocycles. The molecule has 0 aromatic heterocycles. The van der Waals surface area contributed by atoms with Crippen LogP contribution in [0.5, 0.6) is 0 Å². The Balaban J connectivity index is 3.01. The van der Waals surface area contributed by atoms with Gasteiger partial charge in [-0.2, -0.15) is 0 Å². The highest BCUT2D eigenvalue weighted by atomic mass is 16.7. The number of azide groups is 1. The average Bonchev–Trinajstić information content (AvgIpc) is 2.47. The number of methoxy groups -OCH3 is 2. The predicted molar refractivity (Wildman–Crippen MR) is 63.9 cm³/mol. The maximum absolute atomic E-state index is 10.6. The molecule has 0 aromatic carbocycles. The quantitative estimate of drug-likeness (QED) is 0.366. The summed E-state index contributed by atoms with van der Waals surface area (Å²) >= 11 is 0. The maximum Gasteiger partial charge on any atom is 0.329 e. The van der Waals surface area contributed by atoms with Crippen LogP contribution in [0.1, 0.15) is 1.37 Å². The minimum Gasteiger partial charge on any atom is -0.480 e. The van der Waals surface area contributed by atoms with Crippen molar-refractivity contribution in [3.8, 4) is 0 Å². The van der Waals surface area contributed by atoms with Crippen LogP contribution in [-0.4, -0.2) is 74.2 Å². The summed E-state index contributed by atoms with van der Waals surface area (Å²) in [5.74, 6) is -1.22. The topological polar surface area (TPSA) is 143 Å². The first kappa shape index (κ1) is 15.0. The Labute approximate surface area is 116 Å². The van der Waals surface area contributed by atoms with Gasteiger partial charge in [-0.25, -0.2) is 4.79 Å². The molecule has 0 aliphatic carbocycles. The number of ether oxygens (including phenoxy) is 4. The number of carbonyl (C=O) groups is 1. The molecule has 1 fully saturated rings. The number of aliphatic carboxylic acids is 1. The summed E-state index contributed by atoms with van der Waals surface area (Å²) in [5.41, 5.74) is 8.66. The molecule has 1 aliphatic heterocycles. The summed E-state index contributed by atoms with van der Waals surface area (Å²) in [6, 6.07) is -1.00. The molecular formula is C10H17N3O7. The molecule has 10 heteroatoms. The van der Waals surface area contributed by atoms with Crippen LogP contribution in [0, 0.1) is 0 Å². The van der Waals surface area contributed by atoms with Gasteiger partial charge in [-0.15, -0.1) is 0 Å². The van der Waals surface area contributed by atoms with Gasteiger partial charge in [0.2, 0.25) is 0 Å². The monoisotopic (exact) mass is 292 g/mol. The fourth-order valence-electron chi connectivity index (χ4n) is 1.97. The van der Waals surface area contributed by atoms with Crippen molar-refractivity contribution in [1.82, 2.24) is 0 Å². The fourth-order valence-corrected chi connectivity index (χ4v) is 1.97. The van der Waals surface area contributed by atoms with E-state index in [0.717, 1.165) is 0 Å². The summed E-state index contributed by atoms with van der Waals surface area (Å²) < 4.78 is 27.8. The van der Waals surface area contributed by atoms with Gasteiger partial charge in [-0.05, 0) is 5.53 Å². The molecule has 2 N–H and O–H groups in total. The van der Waals surface area contributed by atoms with E-state index in [-0.39, 0.29) is 0 Å². The Morgan fingerprint density at radius 2 is 2.30 bits per heavy atom. The second-order valence-electron chi connectivity index (χ2n) is 3.96. The molecule has 0 aromatic rings. The number of nitrogens with zero attached hydrogens (tertiary/aromatic N) is 3. The van der Waals surface area contributed by atoms with Crippen LogP contribution in [0.4, 0.5) is 0 Å². The Hall–Kier alpha value is -1.42. The van der Waals surface area contributed by atoms with Gasteiger partial charge in [0, 0.05) is 19.1 Å². The van der Waals surface area contributed by atoms with Crippen LogP contribution in [0.3, 0.4) is 0 Å². The third-order valence-corrected chi connectivity index (χ3v) is 2.81. The maximum atomic E-state index is 10.6. The smallest absolute Gasteiger partial charge is 0.329 e. The van der Waals surface area contributed by atoms with E-state index in [2.05, 4.69) is 10.0 Å². The molecule has 1 rings (SSSR count). The van der Waals surface area contributed by atoms with Crippen LogP contribution in [0.2, 0.25) is 0 Å². The summed E-state index contributed by atoms with van der Waals surface area (Å²) in [4.78, 5) is 13.3. The van der Waals surface area contributed by atoms with Crippen LogP contribution < -0.4 is 0 Å². The number of carboxylic acids is 1. The molecule has 0 radical (unpaired) electrons. The predicted octanol–water partition coefficient (Wildman–Crippen LogP) is -0.486. The first-order valence-electron chi connectivity index (χ1n) is 6.37. The minimum absolute atomic E-state index is 0.444. The van der Waals surface area contributed by atoms with E-state index >= 15 is 0 Å². The standard InChI is InChI=1S/C10H17N3O7/c1-17-9-7(12-13-11)8(19-4-6(15)16)5(3-14)20-10(9)18-2/h5,7-10,14H,3-4H2,1-2H3,(H,15,16)/t5-,7+,8-,9-,10?/m1/s1/i1D. The molecule has 0 saturated carbocycles. The van der Waals surface area contributed by atoms with Gasteiger partial charge in [0.25, 0.3) is 0 Å². The van der Waals surface area contributed by atoms with E-state index in [1.165, 1.54) is 7.11 Å². The lowest BCUT2D eigenvalue weighted by Crippen LogP contribution is -2.59. The van der Waals surface area contributed by atoms with Gasteiger partial charge in [0.15, 0.2) is 6.29 Å². The van der Waals surface area contributed by atoms with Crippen molar-refractivity contribution in [2.24, 2.45) is 5.11 Å². The third-order valence-electron chi connectivity index (χ3n) is 2.81. The highest BCUT2D eigenvalue weighted by Gasteiger charge is 2.46. The number of rotatable bonds is 7. The van der Waals surface area contributed by atoms with Crippen molar-refractivity contribution in [3.05, 3.63) is 10.4 Å². The number of hydrogen-bond acceptors (Lipinski definition) is 7. The molecule has 1 aliphatic rings. The lowest BCUT2D eigenvalue weighted by atomic mass is 9.96. The van der Waals surface area contributed by atoms with Gasteiger partial charge < -0.3 is 29.2 Å². The Morgan fingerprint density at radius 3 is 2.80 bits per heavy atom. The highest BCUT2D eigenvalue weighted by Crippen LogP contribution is 2.28. The summed E-state index contributed by atoms with van der Waals surface area (Å²) in [5, 5.41) is 21.5. The molecule has 1 saturated heterocycles. The van der Waals surface area contributed by atoms with Gasteiger partial charge in [-0.1, -0.05) is 5.11 Å². The molecule has 1 unspecified atom stereocenters. The van der Waals surface area contributed by atoms with Gasteiger partial charge in [0.1, 0.15) is 18.8 Å². The zero-order chi connectivity index (χ0) is 15.8. The fraction of sp³-hybridized carbons (Fsp3) is 0.900. The minimum atomic E-state index is -1.22. The number of hydrogen-bond donors (Lipinski definition) is 2. The van der Waals surface area contributed by atoms with Gasteiger partial charge in [0.05, 0.1) is 20.1 Å². The third kappa shape index (κ3) is 3.79. The Bertz CT molecular complexity index is 393. The Morgan fingerprint density at radius 1 is 1.55 bits per heavy atom. The molecule has 0 spiro atoms. The molecule has 114 valence electrons. The first-order valence-corrected chi connectivity index (χ1v) is 5.66. The molecule has 5 atom stereocenters. The lowest BCUT2D eigenvalue weighted by molar-refractivity contribution is -0.279. The van der Waals surface area contributed by atoms with E-state index in [1.807, 2.05) is 0 Å². The normalized spacial score (nSPS) is 34.1. The zero-order valence-corrected chi connectivity index (χ0v) is 10.8. The largest absolute Gasteiger partial charge is 0.480 e. The van der Waals surface area contributed by atoms with Gasteiger partial charge in [-0.3, -0.25) is 0 Å². The first-order chi connectivity index (χ1) is 10.1. The van der Waals surface area contributed by atoms with Crippen molar-refractivity contribution in [1.29, 1.82) is 0 Å². The van der Waals surface area contributed by atoms with E-state index in [4.69, 9.17) is 31.0 Å². The molecular weight excluding hydrogens is 274 g/mol. The summed E-state index contributed by atoms with van der Waals surface area (Å²) in [6.07, 6.45) is -3.92. The number of carboxylic acid groups (broad SMARTS) is 1. The van der Waals surface area contributed by atoms with Crippen LogP contribution >= 0.6 is 0 Å². The van der Waals surface area contributed by atoms with Crippen molar-refractivity contribution in [3.63, 3.8) is 0 Å². The van der Waals surface area contributed by atoms with Crippen molar-refractivity contribution in [2.45, 2.75) is 30.6 Å². The number of aliphatic hydroxyl groups is 1. The van der Waals surface area contributed by atoms with Crippen molar-refractivity contribution < 1.29 is 35.3 Å². The SMILES string of the molecule is [2H]CO[C@H]1C(OC)O[C@H](CO)[C@@H](OCC(=O)O)[C@@H]1N=[N+]=[N-].